The van der Waals surface area contributed by atoms with Crippen LogP contribution in [0.5, 0.6) is 5.75 Å². The lowest BCUT2D eigenvalue weighted by atomic mass is 9.80. The molecule has 1 aromatic carbocycles. The second-order valence-electron chi connectivity index (χ2n) is 6.63. The average molecular weight is 375 g/mol. The maximum Gasteiger partial charge on any atom is 0.119 e. The van der Waals surface area contributed by atoms with Gasteiger partial charge >= 0.3 is 0 Å². The first-order valence-corrected chi connectivity index (χ1v) is 9.06. The molecule has 1 aliphatic carbocycles. The first-order chi connectivity index (χ1) is 10.9. The van der Waals surface area contributed by atoms with Gasteiger partial charge in [0.2, 0.25) is 0 Å². The van der Waals surface area contributed by atoms with Gasteiger partial charge in [0.15, 0.2) is 0 Å². The summed E-state index contributed by atoms with van der Waals surface area (Å²) in [6, 6.07) is 9.41. The maximum atomic E-state index is 5.74. The summed E-state index contributed by atoms with van der Waals surface area (Å²) in [5.41, 5.74) is 1.46. The predicted octanol–water partition coefficient (Wildman–Crippen LogP) is 4.46. The van der Waals surface area contributed by atoms with Crippen molar-refractivity contribution in [2.75, 3.05) is 32.8 Å². The van der Waals surface area contributed by atoms with Crippen molar-refractivity contribution in [3.05, 3.63) is 29.8 Å². The molecule has 0 radical (unpaired) electrons. The highest BCUT2D eigenvalue weighted by atomic mass is 35.5. The molecule has 1 N–H and O–H groups in total. The van der Waals surface area contributed by atoms with Crippen molar-refractivity contribution in [3.63, 3.8) is 0 Å². The monoisotopic (exact) mass is 374 g/mol. The first kappa shape index (κ1) is 21.6. The fraction of sp³-hybridized carbons (Fsp3) is 0.684. The van der Waals surface area contributed by atoms with Crippen LogP contribution in [0, 0.1) is 5.92 Å². The van der Waals surface area contributed by atoms with Gasteiger partial charge in [0.05, 0.1) is 6.61 Å². The minimum atomic E-state index is 0. The van der Waals surface area contributed by atoms with E-state index in [0.29, 0.717) is 6.04 Å². The number of nitrogens with zero attached hydrogens (tertiary/aromatic N) is 1. The molecular weight excluding hydrogens is 343 g/mol. The van der Waals surface area contributed by atoms with E-state index in [0.717, 1.165) is 31.4 Å². The SMILES string of the molecule is CCOc1cccc([C@H](C2CCCCC2)N2CCNCC2)c1.Cl.Cl. The molecule has 1 saturated heterocycles. The number of halogens is 2. The largest absolute Gasteiger partial charge is 0.494 e. The molecule has 1 aliphatic heterocycles. The number of ether oxygens (including phenoxy) is 1. The second kappa shape index (κ2) is 11.2. The van der Waals surface area contributed by atoms with Crippen molar-refractivity contribution in [2.45, 2.75) is 45.1 Å². The van der Waals surface area contributed by atoms with Gasteiger partial charge in [0.25, 0.3) is 0 Å². The van der Waals surface area contributed by atoms with E-state index in [9.17, 15) is 0 Å². The molecular formula is C19H32Cl2N2O. The zero-order chi connectivity index (χ0) is 15.2. The Bertz CT molecular complexity index is 442. The van der Waals surface area contributed by atoms with E-state index in [-0.39, 0.29) is 24.8 Å². The third kappa shape index (κ3) is 5.52. The number of piperazine rings is 1. The van der Waals surface area contributed by atoms with Crippen molar-refractivity contribution in [1.82, 2.24) is 10.2 Å². The number of hydrogen-bond donors (Lipinski definition) is 1. The van der Waals surface area contributed by atoms with Crippen molar-refractivity contribution in [2.24, 2.45) is 5.92 Å². The highest BCUT2D eigenvalue weighted by Crippen LogP contribution is 2.39. The molecule has 0 amide bonds. The average Bonchev–Trinajstić information content (AvgIpc) is 2.58. The molecule has 5 heteroatoms. The summed E-state index contributed by atoms with van der Waals surface area (Å²) in [5.74, 6) is 1.83. The fourth-order valence-corrected chi connectivity index (χ4v) is 4.15. The van der Waals surface area contributed by atoms with Crippen LogP contribution < -0.4 is 10.1 Å². The summed E-state index contributed by atoms with van der Waals surface area (Å²) in [7, 11) is 0. The quantitative estimate of drug-likeness (QED) is 0.823. The van der Waals surface area contributed by atoms with Gasteiger partial charge in [0.1, 0.15) is 5.75 Å². The Balaban J connectivity index is 0.00000144. The molecule has 0 bridgehead atoms. The Labute approximate surface area is 159 Å². The van der Waals surface area contributed by atoms with Crippen LogP contribution >= 0.6 is 24.8 Å². The third-order valence-electron chi connectivity index (χ3n) is 5.15. The summed E-state index contributed by atoms with van der Waals surface area (Å²) in [4.78, 5) is 2.71. The molecule has 3 nitrogen and oxygen atoms in total. The normalized spacial score (nSPS) is 20.5. The Kier molecular flexibility index (Phi) is 10.1. The zero-order valence-electron chi connectivity index (χ0n) is 14.7. The van der Waals surface area contributed by atoms with Gasteiger partial charge in [-0.1, -0.05) is 31.4 Å². The fourth-order valence-electron chi connectivity index (χ4n) is 4.15. The van der Waals surface area contributed by atoms with Crippen molar-refractivity contribution in [1.29, 1.82) is 0 Å². The molecule has 1 saturated carbocycles. The van der Waals surface area contributed by atoms with E-state index in [1.165, 1.54) is 50.8 Å². The minimum Gasteiger partial charge on any atom is -0.494 e. The number of benzene rings is 1. The Morgan fingerprint density at radius 2 is 1.83 bits per heavy atom. The summed E-state index contributed by atoms with van der Waals surface area (Å²) in [6.07, 6.45) is 6.99. The van der Waals surface area contributed by atoms with Gasteiger partial charge in [-0.25, -0.2) is 0 Å². The van der Waals surface area contributed by atoms with Gasteiger partial charge in [-0.2, -0.15) is 0 Å². The molecule has 2 aliphatic rings. The lowest BCUT2D eigenvalue weighted by molar-refractivity contribution is 0.103. The zero-order valence-corrected chi connectivity index (χ0v) is 16.3. The van der Waals surface area contributed by atoms with Crippen molar-refractivity contribution >= 4 is 24.8 Å². The van der Waals surface area contributed by atoms with Gasteiger partial charge in [-0.05, 0) is 43.4 Å². The Hall–Kier alpha value is -0.480. The van der Waals surface area contributed by atoms with E-state index in [1.807, 2.05) is 0 Å². The molecule has 0 spiro atoms. The van der Waals surface area contributed by atoms with Crippen molar-refractivity contribution < 1.29 is 4.74 Å². The number of hydrogen-bond acceptors (Lipinski definition) is 3. The van der Waals surface area contributed by atoms with E-state index in [2.05, 4.69) is 41.4 Å². The van der Waals surface area contributed by atoms with Gasteiger partial charge in [-0.3, -0.25) is 4.90 Å². The van der Waals surface area contributed by atoms with Crippen LogP contribution in [0.3, 0.4) is 0 Å². The highest BCUT2D eigenvalue weighted by molar-refractivity contribution is 5.85. The van der Waals surface area contributed by atoms with E-state index < -0.39 is 0 Å². The predicted molar refractivity (Wildman–Crippen MR) is 106 cm³/mol. The molecule has 0 unspecified atom stereocenters. The maximum absolute atomic E-state index is 5.74. The smallest absolute Gasteiger partial charge is 0.119 e. The van der Waals surface area contributed by atoms with Crippen LogP contribution in [-0.4, -0.2) is 37.7 Å². The topological polar surface area (TPSA) is 24.5 Å². The van der Waals surface area contributed by atoms with Crippen LogP contribution in [0.25, 0.3) is 0 Å². The standard InChI is InChI=1S/C19H30N2O.2ClH/c1-2-22-18-10-6-9-17(15-18)19(16-7-4-3-5-8-16)21-13-11-20-12-14-21;;/h6,9-10,15-16,19-20H,2-5,7-8,11-14H2,1H3;2*1H/t19-;;/m0../s1. The summed E-state index contributed by atoms with van der Waals surface area (Å²) >= 11 is 0. The van der Waals surface area contributed by atoms with Crippen molar-refractivity contribution in [3.8, 4) is 5.75 Å². The van der Waals surface area contributed by atoms with Crippen LogP contribution in [0.1, 0.15) is 50.6 Å². The molecule has 1 aromatic rings. The molecule has 1 atom stereocenters. The Morgan fingerprint density at radius 3 is 2.50 bits per heavy atom. The Morgan fingerprint density at radius 1 is 1.12 bits per heavy atom. The second-order valence-corrected chi connectivity index (χ2v) is 6.63. The summed E-state index contributed by atoms with van der Waals surface area (Å²) < 4.78 is 5.74. The van der Waals surface area contributed by atoms with Crippen LogP contribution in [0.2, 0.25) is 0 Å². The van der Waals surface area contributed by atoms with Crippen LogP contribution in [0.4, 0.5) is 0 Å². The van der Waals surface area contributed by atoms with Gasteiger partial charge < -0.3 is 10.1 Å². The van der Waals surface area contributed by atoms with Crippen LogP contribution in [0.15, 0.2) is 24.3 Å². The summed E-state index contributed by atoms with van der Waals surface area (Å²) in [6.45, 7) is 7.37. The van der Waals surface area contributed by atoms with E-state index >= 15 is 0 Å². The molecule has 138 valence electrons. The molecule has 3 rings (SSSR count). The number of rotatable bonds is 5. The highest BCUT2D eigenvalue weighted by Gasteiger charge is 2.31. The van der Waals surface area contributed by atoms with Gasteiger partial charge in [0, 0.05) is 32.2 Å². The van der Waals surface area contributed by atoms with Gasteiger partial charge in [-0.15, -0.1) is 24.8 Å². The summed E-state index contributed by atoms with van der Waals surface area (Å²) in [5, 5.41) is 3.49. The molecule has 1 heterocycles. The van der Waals surface area contributed by atoms with E-state index in [1.54, 1.807) is 0 Å². The van der Waals surface area contributed by atoms with E-state index in [4.69, 9.17) is 4.74 Å². The molecule has 2 fully saturated rings. The van der Waals surface area contributed by atoms with Crippen LogP contribution in [-0.2, 0) is 0 Å². The lowest BCUT2D eigenvalue weighted by Crippen LogP contribution is -2.47. The first-order valence-electron chi connectivity index (χ1n) is 9.06. The third-order valence-corrected chi connectivity index (χ3v) is 5.15. The minimum absolute atomic E-state index is 0. The molecule has 24 heavy (non-hydrogen) atoms. The molecule has 0 aromatic heterocycles. The lowest BCUT2D eigenvalue weighted by Gasteiger charge is -2.41. The number of nitrogens with one attached hydrogen (secondary N) is 1.